The Morgan fingerprint density at radius 3 is 2.94 bits per heavy atom. The lowest BCUT2D eigenvalue weighted by atomic mass is 10.00. The molecule has 1 aromatic rings. The van der Waals surface area contributed by atoms with Crippen LogP contribution in [0.5, 0.6) is 5.75 Å². The van der Waals surface area contributed by atoms with Gasteiger partial charge in [-0.1, -0.05) is 12.1 Å². The van der Waals surface area contributed by atoms with Crippen molar-refractivity contribution in [1.29, 1.82) is 0 Å². The third kappa shape index (κ3) is 1.92. The van der Waals surface area contributed by atoms with E-state index in [0.717, 1.165) is 23.1 Å². The highest BCUT2D eigenvalue weighted by Crippen LogP contribution is 2.32. The van der Waals surface area contributed by atoms with Crippen LogP contribution in [0.2, 0.25) is 0 Å². The summed E-state index contributed by atoms with van der Waals surface area (Å²) in [5.41, 5.74) is 8.46. The van der Waals surface area contributed by atoms with Crippen molar-refractivity contribution in [2.24, 2.45) is 5.73 Å². The van der Waals surface area contributed by atoms with Gasteiger partial charge in [0.15, 0.2) is 0 Å². The SMILES string of the molecule is N[C@@H](CC1=CCc2cc(O)ccc21)C(=O)O. The number of fused-ring (bicyclic) bond motifs is 1. The molecule has 0 heterocycles. The number of phenolic OH excluding ortho intramolecular Hbond substituents is 1. The smallest absolute Gasteiger partial charge is 0.320 e. The van der Waals surface area contributed by atoms with Crippen molar-refractivity contribution in [1.82, 2.24) is 0 Å². The number of aliphatic carboxylic acids is 1. The lowest BCUT2D eigenvalue weighted by Crippen LogP contribution is -2.30. The zero-order valence-corrected chi connectivity index (χ0v) is 8.68. The topological polar surface area (TPSA) is 83.5 Å². The van der Waals surface area contributed by atoms with Crippen molar-refractivity contribution < 1.29 is 15.0 Å². The van der Waals surface area contributed by atoms with Crippen LogP contribution in [-0.2, 0) is 11.2 Å². The molecule has 1 aliphatic rings. The maximum Gasteiger partial charge on any atom is 0.320 e. The molecule has 0 fully saturated rings. The Hall–Kier alpha value is -1.81. The molecule has 0 saturated carbocycles. The van der Waals surface area contributed by atoms with Crippen LogP contribution in [0.1, 0.15) is 17.5 Å². The monoisotopic (exact) mass is 219 g/mol. The number of benzene rings is 1. The Kier molecular flexibility index (Phi) is 2.66. The second kappa shape index (κ2) is 3.98. The van der Waals surface area contributed by atoms with Gasteiger partial charge in [-0.15, -0.1) is 0 Å². The van der Waals surface area contributed by atoms with Gasteiger partial charge >= 0.3 is 5.97 Å². The molecule has 84 valence electrons. The zero-order chi connectivity index (χ0) is 11.7. The van der Waals surface area contributed by atoms with Gasteiger partial charge in [0.2, 0.25) is 0 Å². The van der Waals surface area contributed by atoms with E-state index in [9.17, 15) is 9.90 Å². The number of phenols is 1. The minimum Gasteiger partial charge on any atom is -0.508 e. The molecular formula is C12H13NO3. The van der Waals surface area contributed by atoms with Crippen LogP contribution in [0.25, 0.3) is 5.57 Å². The first kappa shape index (κ1) is 10.7. The van der Waals surface area contributed by atoms with E-state index < -0.39 is 12.0 Å². The van der Waals surface area contributed by atoms with Crippen LogP contribution in [0.4, 0.5) is 0 Å². The summed E-state index contributed by atoms with van der Waals surface area (Å²) in [6, 6.07) is 4.24. The Labute approximate surface area is 93.0 Å². The van der Waals surface area contributed by atoms with Crippen molar-refractivity contribution in [2.45, 2.75) is 18.9 Å². The van der Waals surface area contributed by atoms with Crippen molar-refractivity contribution in [3.8, 4) is 5.75 Å². The summed E-state index contributed by atoms with van der Waals surface area (Å²) in [7, 11) is 0. The summed E-state index contributed by atoms with van der Waals surface area (Å²) in [5.74, 6) is -0.760. The third-order valence-electron chi connectivity index (χ3n) is 2.76. The van der Waals surface area contributed by atoms with Crippen LogP contribution in [0, 0.1) is 0 Å². The number of aromatic hydroxyl groups is 1. The fourth-order valence-corrected chi connectivity index (χ4v) is 1.92. The van der Waals surface area contributed by atoms with Gasteiger partial charge in [0.05, 0.1) is 0 Å². The van der Waals surface area contributed by atoms with E-state index >= 15 is 0 Å². The lowest BCUT2D eigenvalue weighted by Gasteiger charge is -2.09. The number of hydrogen-bond donors (Lipinski definition) is 3. The number of carboxylic acid groups (broad SMARTS) is 1. The van der Waals surface area contributed by atoms with Crippen molar-refractivity contribution in [3.05, 3.63) is 35.4 Å². The number of hydrogen-bond acceptors (Lipinski definition) is 3. The summed E-state index contributed by atoms with van der Waals surface area (Å²) in [6.45, 7) is 0. The highest BCUT2D eigenvalue weighted by molar-refractivity contribution is 5.80. The molecule has 0 spiro atoms. The van der Waals surface area contributed by atoms with Gasteiger partial charge in [0.1, 0.15) is 11.8 Å². The first-order valence-corrected chi connectivity index (χ1v) is 5.07. The van der Waals surface area contributed by atoms with Gasteiger partial charge in [0, 0.05) is 0 Å². The average Bonchev–Trinajstić information content (AvgIpc) is 2.60. The molecular weight excluding hydrogens is 206 g/mol. The zero-order valence-electron chi connectivity index (χ0n) is 8.68. The fraction of sp³-hybridized carbons (Fsp3) is 0.250. The van der Waals surface area contributed by atoms with Gasteiger partial charge in [-0.05, 0) is 41.7 Å². The highest BCUT2D eigenvalue weighted by atomic mass is 16.4. The first-order chi connectivity index (χ1) is 7.58. The van der Waals surface area contributed by atoms with Crippen LogP contribution < -0.4 is 5.73 Å². The van der Waals surface area contributed by atoms with Crippen molar-refractivity contribution in [3.63, 3.8) is 0 Å². The van der Waals surface area contributed by atoms with E-state index in [1.165, 1.54) is 0 Å². The van der Waals surface area contributed by atoms with Crippen LogP contribution in [-0.4, -0.2) is 22.2 Å². The second-order valence-corrected chi connectivity index (χ2v) is 3.92. The van der Waals surface area contributed by atoms with E-state index in [4.69, 9.17) is 10.8 Å². The fourth-order valence-electron chi connectivity index (χ4n) is 1.92. The maximum absolute atomic E-state index is 10.7. The minimum atomic E-state index is -0.992. The molecule has 1 atom stereocenters. The normalized spacial score (nSPS) is 15.4. The molecule has 0 unspecified atom stereocenters. The van der Waals surface area contributed by atoms with Crippen LogP contribution >= 0.6 is 0 Å². The van der Waals surface area contributed by atoms with Gasteiger partial charge in [-0.3, -0.25) is 4.79 Å². The lowest BCUT2D eigenvalue weighted by molar-refractivity contribution is -0.138. The predicted molar refractivity (Wildman–Crippen MR) is 60.0 cm³/mol. The van der Waals surface area contributed by atoms with Crippen LogP contribution in [0.15, 0.2) is 24.3 Å². The molecule has 0 aliphatic heterocycles. The van der Waals surface area contributed by atoms with E-state index in [1.54, 1.807) is 18.2 Å². The van der Waals surface area contributed by atoms with Gasteiger partial charge in [-0.2, -0.15) is 0 Å². The van der Waals surface area contributed by atoms with E-state index in [0.29, 0.717) is 6.42 Å². The molecule has 1 aliphatic carbocycles. The summed E-state index contributed by atoms with van der Waals surface area (Å²) in [6.07, 6.45) is 3.02. The first-order valence-electron chi connectivity index (χ1n) is 5.07. The summed E-state index contributed by atoms with van der Waals surface area (Å²) >= 11 is 0. The molecule has 4 N–H and O–H groups in total. The number of rotatable bonds is 3. The Morgan fingerprint density at radius 1 is 1.50 bits per heavy atom. The number of nitrogens with two attached hydrogens (primary N) is 1. The molecule has 16 heavy (non-hydrogen) atoms. The predicted octanol–water partition coefficient (Wildman–Crippen LogP) is 1.13. The molecule has 0 radical (unpaired) electrons. The number of carbonyl (C=O) groups is 1. The van der Waals surface area contributed by atoms with E-state index in [1.807, 2.05) is 6.08 Å². The van der Waals surface area contributed by atoms with Crippen molar-refractivity contribution >= 4 is 11.5 Å². The quantitative estimate of drug-likeness (QED) is 0.711. The molecule has 2 rings (SSSR count). The molecule has 4 heteroatoms. The van der Waals surface area contributed by atoms with Crippen LogP contribution in [0.3, 0.4) is 0 Å². The molecule has 0 amide bonds. The molecule has 1 aromatic carbocycles. The largest absolute Gasteiger partial charge is 0.508 e. The maximum atomic E-state index is 10.7. The molecule has 0 saturated heterocycles. The average molecular weight is 219 g/mol. The Balaban J connectivity index is 2.20. The molecule has 0 aromatic heterocycles. The number of carboxylic acids is 1. The summed E-state index contributed by atoms with van der Waals surface area (Å²) in [5, 5.41) is 18.1. The highest BCUT2D eigenvalue weighted by Gasteiger charge is 2.19. The minimum absolute atomic E-state index is 0.232. The summed E-state index contributed by atoms with van der Waals surface area (Å²) < 4.78 is 0. The third-order valence-corrected chi connectivity index (χ3v) is 2.76. The Morgan fingerprint density at radius 2 is 2.25 bits per heavy atom. The summed E-state index contributed by atoms with van der Waals surface area (Å²) in [4.78, 5) is 10.7. The number of allylic oxidation sites excluding steroid dienone is 1. The Bertz CT molecular complexity index is 465. The molecule has 0 bridgehead atoms. The van der Waals surface area contributed by atoms with Gasteiger partial charge in [-0.25, -0.2) is 0 Å². The second-order valence-electron chi connectivity index (χ2n) is 3.92. The standard InChI is InChI=1S/C12H13NO3/c13-11(12(15)16)6-8-2-1-7-5-9(14)3-4-10(7)8/h2-5,11,14H,1,6,13H2,(H,15,16)/t11-/m0/s1. The van der Waals surface area contributed by atoms with Gasteiger partial charge in [0.25, 0.3) is 0 Å². The van der Waals surface area contributed by atoms with E-state index in [-0.39, 0.29) is 5.75 Å². The van der Waals surface area contributed by atoms with E-state index in [2.05, 4.69) is 0 Å². The van der Waals surface area contributed by atoms with Gasteiger partial charge < -0.3 is 15.9 Å². The van der Waals surface area contributed by atoms with Crippen molar-refractivity contribution in [2.75, 3.05) is 0 Å². The molecule has 4 nitrogen and oxygen atoms in total.